The Labute approximate surface area is 153 Å². The van der Waals surface area contributed by atoms with E-state index in [9.17, 15) is 4.79 Å². The van der Waals surface area contributed by atoms with Gasteiger partial charge < -0.3 is 24.3 Å². The van der Waals surface area contributed by atoms with Gasteiger partial charge >= 0.3 is 0 Å². The van der Waals surface area contributed by atoms with Gasteiger partial charge in [0.15, 0.2) is 23.0 Å². The predicted octanol–water partition coefficient (Wildman–Crippen LogP) is 2.94. The van der Waals surface area contributed by atoms with Gasteiger partial charge in [0.25, 0.3) is 5.91 Å². The molecule has 6 nitrogen and oxygen atoms in total. The van der Waals surface area contributed by atoms with Crippen LogP contribution in [-0.2, 0) is 11.3 Å². The van der Waals surface area contributed by atoms with Crippen molar-refractivity contribution in [1.82, 2.24) is 5.32 Å². The zero-order valence-electron chi connectivity index (χ0n) is 15.2. The number of nitrogens with one attached hydrogen (secondary N) is 1. The summed E-state index contributed by atoms with van der Waals surface area (Å²) in [6, 6.07) is 12.9. The van der Waals surface area contributed by atoms with Crippen molar-refractivity contribution in [3.8, 4) is 23.0 Å². The summed E-state index contributed by atoms with van der Waals surface area (Å²) >= 11 is 0. The summed E-state index contributed by atoms with van der Waals surface area (Å²) in [5.41, 5.74) is 0.906. The van der Waals surface area contributed by atoms with E-state index in [1.54, 1.807) is 13.2 Å². The number of para-hydroxylation sites is 2. The number of carbonyl (C=O) groups excluding carboxylic acids is 1. The smallest absolute Gasteiger partial charge is 0.264 e. The van der Waals surface area contributed by atoms with E-state index in [0.717, 1.165) is 5.56 Å². The second-order valence-corrected chi connectivity index (χ2v) is 6.23. The first kappa shape index (κ1) is 17.9. The van der Waals surface area contributed by atoms with Crippen LogP contribution in [0.1, 0.15) is 19.4 Å². The molecule has 3 rings (SSSR count). The molecule has 26 heavy (non-hydrogen) atoms. The van der Waals surface area contributed by atoms with Crippen LogP contribution in [0, 0.1) is 0 Å². The van der Waals surface area contributed by atoms with E-state index < -0.39 is 6.10 Å². The van der Waals surface area contributed by atoms with Gasteiger partial charge in [-0.05, 0) is 43.7 Å². The average Bonchev–Trinajstić information content (AvgIpc) is 2.66. The first-order valence-corrected chi connectivity index (χ1v) is 8.56. The molecule has 0 radical (unpaired) electrons. The molecule has 2 aromatic carbocycles. The molecular weight excluding hydrogens is 334 g/mol. The number of hydrogen-bond acceptors (Lipinski definition) is 5. The Hall–Kier alpha value is -2.89. The summed E-state index contributed by atoms with van der Waals surface area (Å²) < 4.78 is 22.3. The Morgan fingerprint density at radius 2 is 1.96 bits per heavy atom. The third kappa shape index (κ3) is 4.20. The number of amides is 1. The highest BCUT2D eigenvalue weighted by Crippen LogP contribution is 2.31. The predicted molar refractivity (Wildman–Crippen MR) is 97.0 cm³/mol. The number of hydrogen-bond donors (Lipinski definition) is 1. The lowest BCUT2D eigenvalue weighted by Crippen LogP contribution is -2.43. The van der Waals surface area contributed by atoms with E-state index in [2.05, 4.69) is 5.32 Å². The summed E-state index contributed by atoms with van der Waals surface area (Å²) in [6.07, 6.45) is -0.615. The van der Waals surface area contributed by atoms with E-state index in [1.807, 2.05) is 50.2 Å². The van der Waals surface area contributed by atoms with Crippen molar-refractivity contribution in [3.63, 3.8) is 0 Å². The molecule has 0 saturated heterocycles. The molecule has 138 valence electrons. The zero-order chi connectivity index (χ0) is 18.5. The highest BCUT2D eigenvalue weighted by molar-refractivity contribution is 5.81. The van der Waals surface area contributed by atoms with Gasteiger partial charge in [0.2, 0.25) is 6.10 Å². The molecule has 0 spiro atoms. The number of carbonyl (C=O) groups is 1. The van der Waals surface area contributed by atoms with Gasteiger partial charge in [-0.1, -0.05) is 18.2 Å². The fraction of sp³-hybridized carbons (Fsp3) is 0.350. The lowest BCUT2D eigenvalue weighted by Gasteiger charge is -2.25. The van der Waals surface area contributed by atoms with Crippen molar-refractivity contribution >= 4 is 5.91 Å². The maximum Gasteiger partial charge on any atom is 0.264 e. The molecule has 1 heterocycles. The number of fused-ring (bicyclic) bond motifs is 1. The van der Waals surface area contributed by atoms with E-state index in [4.69, 9.17) is 18.9 Å². The summed E-state index contributed by atoms with van der Waals surface area (Å²) in [6.45, 7) is 4.46. The van der Waals surface area contributed by atoms with Gasteiger partial charge in [0, 0.05) is 6.54 Å². The third-order valence-corrected chi connectivity index (χ3v) is 3.86. The van der Waals surface area contributed by atoms with Crippen LogP contribution in [0.4, 0.5) is 0 Å². The summed E-state index contributed by atoms with van der Waals surface area (Å²) in [7, 11) is 1.59. The van der Waals surface area contributed by atoms with Gasteiger partial charge in [-0.25, -0.2) is 0 Å². The minimum absolute atomic E-state index is 0.0563. The molecule has 1 aliphatic heterocycles. The lowest BCUT2D eigenvalue weighted by atomic mass is 10.2. The maximum absolute atomic E-state index is 12.4. The normalized spacial score (nSPS) is 15.5. The van der Waals surface area contributed by atoms with E-state index in [0.29, 0.717) is 29.5 Å². The lowest BCUT2D eigenvalue weighted by molar-refractivity contribution is -0.130. The van der Waals surface area contributed by atoms with Crippen LogP contribution in [0.3, 0.4) is 0 Å². The first-order valence-electron chi connectivity index (χ1n) is 8.56. The monoisotopic (exact) mass is 357 g/mol. The number of ether oxygens (including phenoxy) is 4. The van der Waals surface area contributed by atoms with E-state index in [1.165, 1.54) is 0 Å². The van der Waals surface area contributed by atoms with Gasteiger partial charge in [0.05, 0.1) is 13.2 Å². The van der Waals surface area contributed by atoms with Crippen LogP contribution in [-0.4, -0.2) is 31.8 Å². The van der Waals surface area contributed by atoms with Crippen LogP contribution >= 0.6 is 0 Å². The van der Waals surface area contributed by atoms with Crippen LogP contribution in [0.15, 0.2) is 42.5 Å². The Balaban J connectivity index is 1.59. The Kier molecular flexibility index (Phi) is 5.51. The minimum Gasteiger partial charge on any atom is -0.493 e. The molecule has 1 N–H and O–H groups in total. The Morgan fingerprint density at radius 3 is 2.69 bits per heavy atom. The molecular formula is C20H23NO5. The van der Waals surface area contributed by atoms with Crippen LogP contribution in [0.5, 0.6) is 23.0 Å². The van der Waals surface area contributed by atoms with Crippen LogP contribution in [0.25, 0.3) is 0 Å². The molecule has 0 aromatic heterocycles. The topological polar surface area (TPSA) is 66.0 Å². The van der Waals surface area contributed by atoms with Crippen molar-refractivity contribution in [2.24, 2.45) is 0 Å². The molecule has 1 atom stereocenters. The summed E-state index contributed by atoms with van der Waals surface area (Å²) in [5.74, 6) is 2.33. The summed E-state index contributed by atoms with van der Waals surface area (Å²) in [5, 5.41) is 2.87. The quantitative estimate of drug-likeness (QED) is 0.861. The van der Waals surface area contributed by atoms with Gasteiger partial charge in [0.1, 0.15) is 6.61 Å². The molecule has 2 aromatic rings. The Bertz CT molecular complexity index is 775. The van der Waals surface area contributed by atoms with Gasteiger partial charge in [-0.3, -0.25) is 4.79 Å². The molecule has 6 heteroatoms. The summed E-state index contributed by atoms with van der Waals surface area (Å²) in [4.78, 5) is 12.4. The minimum atomic E-state index is -0.671. The number of methoxy groups -OCH3 is 1. The fourth-order valence-electron chi connectivity index (χ4n) is 2.62. The first-order chi connectivity index (χ1) is 12.6. The maximum atomic E-state index is 12.4. The molecule has 0 unspecified atom stereocenters. The fourth-order valence-corrected chi connectivity index (χ4v) is 2.62. The molecule has 1 aliphatic rings. The largest absolute Gasteiger partial charge is 0.493 e. The van der Waals surface area contributed by atoms with E-state index >= 15 is 0 Å². The molecule has 0 fully saturated rings. The SMILES string of the molecule is COc1cc(CNC(=O)[C@@H]2COc3ccccc3O2)ccc1OC(C)C. The molecule has 1 amide bonds. The van der Waals surface area contributed by atoms with Gasteiger partial charge in [-0.2, -0.15) is 0 Å². The third-order valence-electron chi connectivity index (χ3n) is 3.86. The molecule has 0 aliphatic carbocycles. The second-order valence-electron chi connectivity index (χ2n) is 6.23. The van der Waals surface area contributed by atoms with E-state index in [-0.39, 0.29) is 18.6 Å². The van der Waals surface area contributed by atoms with Crippen molar-refractivity contribution < 1.29 is 23.7 Å². The Morgan fingerprint density at radius 1 is 1.19 bits per heavy atom. The van der Waals surface area contributed by atoms with Crippen molar-refractivity contribution in [3.05, 3.63) is 48.0 Å². The van der Waals surface area contributed by atoms with Crippen molar-refractivity contribution in [2.75, 3.05) is 13.7 Å². The van der Waals surface area contributed by atoms with Crippen LogP contribution < -0.4 is 24.3 Å². The number of benzene rings is 2. The number of rotatable bonds is 6. The highest BCUT2D eigenvalue weighted by atomic mass is 16.6. The van der Waals surface area contributed by atoms with Crippen molar-refractivity contribution in [1.29, 1.82) is 0 Å². The molecule has 0 bridgehead atoms. The average molecular weight is 357 g/mol. The van der Waals surface area contributed by atoms with Crippen molar-refractivity contribution in [2.45, 2.75) is 32.6 Å². The standard InChI is InChI=1S/C20H23NO5/c1-13(2)25-17-9-8-14(10-18(17)23-3)11-21-20(22)19-12-24-15-6-4-5-7-16(15)26-19/h4-10,13,19H,11-12H2,1-3H3,(H,21,22)/t19-/m0/s1. The highest BCUT2D eigenvalue weighted by Gasteiger charge is 2.27. The molecule has 0 saturated carbocycles. The zero-order valence-corrected chi connectivity index (χ0v) is 15.2. The van der Waals surface area contributed by atoms with Gasteiger partial charge in [-0.15, -0.1) is 0 Å². The second kappa shape index (κ2) is 7.99. The van der Waals surface area contributed by atoms with Crippen LogP contribution in [0.2, 0.25) is 0 Å².